The number of nitrogens with zero attached hydrogens (tertiary/aromatic N) is 1. The zero-order chi connectivity index (χ0) is 17.6. The minimum atomic E-state index is -0.719. The van der Waals surface area contributed by atoms with Crippen molar-refractivity contribution in [3.63, 3.8) is 0 Å². The predicted molar refractivity (Wildman–Crippen MR) is 101 cm³/mol. The molecule has 2 amide bonds. The SMILES string of the molecule is O=C(Nc1ccccc1Br)C(=O)Nc1ccccc1N1CCOCC1. The second-order valence-electron chi connectivity index (χ2n) is 5.50. The van der Waals surface area contributed by atoms with Crippen molar-refractivity contribution < 1.29 is 14.3 Å². The lowest BCUT2D eigenvalue weighted by Crippen LogP contribution is -2.37. The topological polar surface area (TPSA) is 70.7 Å². The summed E-state index contributed by atoms with van der Waals surface area (Å²) in [5.74, 6) is -1.43. The van der Waals surface area contributed by atoms with Gasteiger partial charge >= 0.3 is 11.8 Å². The van der Waals surface area contributed by atoms with Crippen LogP contribution in [0.25, 0.3) is 0 Å². The van der Waals surface area contributed by atoms with Crippen molar-refractivity contribution >= 4 is 44.8 Å². The van der Waals surface area contributed by atoms with E-state index in [1.54, 1.807) is 24.3 Å². The highest BCUT2D eigenvalue weighted by Crippen LogP contribution is 2.26. The van der Waals surface area contributed by atoms with Gasteiger partial charge in [-0.25, -0.2) is 0 Å². The average molecular weight is 404 g/mol. The molecule has 1 fully saturated rings. The first-order valence-electron chi connectivity index (χ1n) is 7.94. The number of anilines is 3. The Morgan fingerprint density at radius 1 is 0.880 bits per heavy atom. The van der Waals surface area contributed by atoms with Crippen molar-refractivity contribution in [2.75, 3.05) is 41.8 Å². The van der Waals surface area contributed by atoms with E-state index in [2.05, 4.69) is 31.5 Å². The van der Waals surface area contributed by atoms with Gasteiger partial charge in [-0.1, -0.05) is 24.3 Å². The van der Waals surface area contributed by atoms with E-state index < -0.39 is 11.8 Å². The lowest BCUT2D eigenvalue weighted by molar-refractivity contribution is -0.133. The van der Waals surface area contributed by atoms with Crippen LogP contribution in [0, 0.1) is 0 Å². The highest BCUT2D eigenvalue weighted by Gasteiger charge is 2.19. The third kappa shape index (κ3) is 4.37. The molecule has 7 heteroatoms. The van der Waals surface area contributed by atoms with Gasteiger partial charge in [0, 0.05) is 17.6 Å². The summed E-state index contributed by atoms with van der Waals surface area (Å²) in [5, 5.41) is 5.30. The van der Waals surface area contributed by atoms with Gasteiger partial charge in [-0.15, -0.1) is 0 Å². The van der Waals surface area contributed by atoms with Crippen LogP contribution in [0.1, 0.15) is 0 Å². The molecule has 1 heterocycles. The van der Waals surface area contributed by atoms with E-state index in [0.717, 1.165) is 18.8 Å². The van der Waals surface area contributed by atoms with E-state index in [1.165, 1.54) is 0 Å². The van der Waals surface area contributed by atoms with Gasteiger partial charge in [-0.3, -0.25) is 9.59 Å². The Kier molecular flexibility index (Phi) is 5.67. The second-order valence-corrected chi connectivity index (χ2v) is 6.36. The number of nitrogens with one attached hydrogen (secondary N) is 2. The Labute approximate surface area is 154 Å². The number of ether oxygens (including phenoxy) is 1. The number of carbonyl (C=O) groups excluding carboxylic acids is 2. The molecule has 2 aromatic rings. The summed E-state index contributed by atoms with van der Waals surface area (Å²) >= 11 is 3.34. The van der Waals surface area contributed by atoms with Crippen LogP contribution in [0.5, 0.6) is 0 Å². The van der Waals surface area contributed by atoms with Crippen LogP contribution < -0.4 is 15.5 Å². The highest BCUT2D eigenvalue weighted by molar-refractivity contribution is 9.10. The van der Waals surface area contributed by atoms with Gasteiger partial charge < -0.3 is 20.3 Å². The molecular formula is C18H18BrN3O3. The molecule has 1 aliphatic heterocycles. The molecule has 0 radical (unpaired) electrons. The van der Waals surface area contributed by atoms with E-state index in [0.29, 0.717) is 29.1 Å². The van der Waals surface area contributed by atoms with Crippen LogP contribution in [-0.2, 0) is 14.3 Å². The van der Waals surface area contributed by atoms with Crippen molar-refractivity contribution in [2.24, 2.45) is 0 Å². The number of carbonyl (C=O) groups is 2. The Morgan fingerprint density at radius 2 is 1.44 bits per heavy atom. The number of hydrogen-bond acceptors (Lipinski definition) is 4. The van der Waals surface area contributed by atoms with Gasteiger partial charge in [-0.05, 0) is 40.2 Å². The third-order valence-corrected chi connectivity index (χ3v) is 4.52. The molecule has 0 spiro atoms. The van der Waals surface area contributed by atoms with Crippen molar-refractivity contribution in [1.29, 1.82) is 0 Å². The number of morpholine rings is 1. The zero-order valence-electron chi connectivity index (χ0n) is 13.5. The fraction of sp³-hybridized carbons (Fsp3) is 0.222. The van der Waals surface area contributed by atoms with Gasteiger partial charge in [0.15, 0.2) is 0 Å². The maximum atomic E-state index is 12.3. The molecule has 130 valence electrons. The standard InChI is InChI=1S/C18H18BrN3O3/c19-13-5-1-2-6-14(13)20-17(23)18(24)21-15-7-3-4-8-16(15)22-9-11-25-12-10-22/h1-8H,9-12H2,(H,20,23)(H,21,24). The zero-order valence-corrected chi connectivity index (χ0v) is 15.1. The maximum Gasteiger partial charge on any atom is 0.314 e. The number of halogens is 1. The monoisotopic (exact) mass is 403 g/mol. The van der Waals surface area contributed by atoms with Crippen LogP contribution in [0.3, 0.4) is 0 Å². The molecule has 1 saturated heterocycles. The predicted octanol–water partition coefficient (Wildman–Crippen LogP) is 2.86. The molecule has 2 N–H and O–H groups in total. The van der Waals surface area contributed by atoms with Gasteiger partial charge in [0.1, 0.15) is 0 Å². The number of rotatable bonds is 3. The van der Waals surface area contributed by atoms with E-state index >= 15 is 0 Å². The fourth-order valence-electron chi connectivity index (χ4n) is 2.58. The van der Waals surface area contributed by atoms with Crippen LogP contribution >= 0.6 is 15.9 Å². The van der Waals surface area contributed by atoms with E-state index in [4.69, 9.17) is 4.74 Å². The minimum absolute atomic E-state index is 0.545. The summed E-state index contributed by atoms with van der Waals surface area (Å²) in [6, 6.07) is 14.6. The third-order valence-electron chi connectivity index (χ3n) is 3.83. The van der Waals surface area contributed by atoms with E-state index in [1.807, 2.05) is 24.3 Å². The van der Waals surface area contributed by atoms with Gasteiger partial charge in [0.2, 0.25) is 0 Å². The van der Waals surface area contributed by atoms with Crippen LogP contribution in [-0.4, -0.2) is 38.1 Å². The molecule has 0 atom stereocenters. The largest absolute Gasteiger partial charge is 0.378 e. The molecule has 0 aliphatic carbocycles. The van der Waals surface area contributed by atoms with Crippen molar-refractivity contribution in [3.8, 4) is 0 Å². The summed E-state index contributed by atoms with van der Waals surface area (Å²) in [6.07, 6.45) is 0. The molecule has 2 aromatic carbocycles. The Hall–Kier alpha value is -2.38. The van der Waals surface area contributed by atoms with Crippen molar-refractivity contribution in [2.45, 2.75) is 0 Å². The molecule has 0 aromatic heterocycles. The second kappa shape index (κ2) is 8.13. The van der Waals surface area contributed by atoms with Crippen LogP contribution in [0.2, 0.25) is 0 Å². The number of hydrogen-bond donors (Lipinski definition) is 2. The normalized spacial score (nSPS) is 14.0. The summed E-state index contributed by atoms with van der Waals surface area (Å²) in [6.45, 7) is 2.78. The van der Waals surface area contributed by atoms with Crippen LogP contribution in [0.4, 0.5) is 17.1 Å². The molecule has 0 bridgehead atoms. The van der Waals surface area contributed by atoms with E-state index in [9.17, 15) is 9.59 Å². The Bertz CT molecular complexity index is 776. The molecule has 0 unspecified atom stereocenters. The van der Waals surface area contributed by atoms with Gasteiger partial charge in [0.25, 0.3) is 0 Å². The summed E-state index contributed by atoms with van der Waals surface area (Å²) < 4.78 is 6.07. The number of benzene rings is 2. The number of amides is 2. The average Bonchev–Trinajstić information content (AvgIpc) is 2.64. The van der Waals surface area contributed by atoms with Gasteiger partial charge in [-0.2, -0.15) is 0 Å². The minimum Gasteiger partial charge on any atom is -0.378 e. The Morgan fingerprint density at radius 3 is 2.12 bits per heavy atom. The Balaban J connectivity index is 1.70. The van der Waals surface area contributed by atoms with Crippen LogP contribution in [0.15, 0.2) is 53.0 Å². The molecule has 0 saturated carbocycles. The summed E-state index contributed by atoms with van der Waals surface area (Å²) in [7, 11) is 0. The smallest absolute Gasteiger partial charge is 0.314 e. The first kappa shape index (κ1) is 17.4. The fourth-order valence-corrected chi connectivity index (χ4v) is 2.96. The first-order chi connectivity index (χ1) is 12.1. The van der Waals surface area contributed by atoms with Crippen molar-refractivity contribution in [1.82, 2.24) is 0 Å². The maximum absolute atomic E-state index is 12.3. The molecule has 6 nitrogen and oxygen atoms in total. The summed E-state index contributed by atoms with van der Waals surface area (Å²) in [4.78, 5) is 26.6. The number of para-hydroxylation sites is 3. The quantitative estimate of drug-likeness (QED) is 0.772. The van der Waals surface area contributed by atoms with E-state index in [-0.39, 0.29) is 0 Å². The lowest BCUT2D eigenvalue weighted by atomic mass is 10.2. The molecule has 3 rings (SSSR count). The summed E-state index contributed by atoms with van der Waals surface area (Å²) in [5.41, 5.74) is 2.04. The van der Waals surface area contributed by atoms with Gasteiger partial charge in [0.05, 0.1) is 30.3 Å². The van der Waals surface area contributed by atoms with Crippen molar-refractivity contribution in [3.05, 3.63) is 53.0 Å². The molecular weight excluding hydrogens is 386 g/mol. The first-order valence-corrected chi connectivity index (χ1v) is 8.73. The molecule has 25 heavy (non-hydrogen) atoms. The highest BCUT2D eigenvalue weighted by atomic mass is 79.9. The molecule has 1 aliphatic rings. The lowest BCUT2D eigenvalue weighted by Gasteiger charge is -2.30.